The van der Waals surface area contributed by atoms with E-state index in [2.05, 4.69) is 10.3 Å². The van der Waals surface area contributed by atoms with Crippen LogP contribution in [0, 0.1) is 0 Å². The third kappa shape index (κ3) is 4.83. The largest absolute Gasteiger partial charge is 0.497 e. The number of ether oxygens (including phenoxy) is 2. The summed E-state index contributed by atoms with van der Waals surface area (Å²) in [5.74, 6) is 0.817. The Morgan fingerprint density at radius 2 is 2.03 bits per heavy atom. The van der Waals surface area contributed by atoms with Crippen LogP contribution in [0.15, 0.2) is 74.4 Å². The zero-order valence-electron chi connectivity index (χ0n) is 18.7. The first-order chi connectivity index (χ1) is 16.0. The van der Waals surface area contributed by atoms with Gasteiger partial charge in [0.25, 0.3) is 0 Å². The molecule has 1 unspecified atom stereocenters. The third-order valence-corrected chi connectivity index (χ3v) is 6.20. The molecule has 9 heteroatoms. The van der Waals surface area contributed by atoms with Crippen LogP contribution in [0.3, 0.4) is 0 Å². The van der Waals surface area contributed by atoms with Crippen molar-refractivity contribution in [3.63, 3.8) is 0 Å². The number of allylic oxidation sites excluding steroid dienone is 1. The van der Waals surface area contributed by atoms with Crippen LogP contribution in [0.5, 0.6) is 5.75 Å². The zero-order valence-corrected chi connectivity index (χ0v) is 19.5. The number of carbonyl (C=O) groups excluding carboxylic acids is 2. The Balaban J connectivity index is 1.63. The Morgan fingerprint density at radius 1 is 1.24 bits per heavy atom. The van der Waals surface area contributed by atoms with E-state index in [9.17, 15) is 9.59 Å². The summed E-state index contributed by atoms with van der Waals surface area (Å²) in [6, 6.07) is 10.6. The summed E-state index contributed by atoms with van der Waals surface area (Å²) in [6.45, 7) is 4.15. The molecule has 0 spiro atoms. The van der Waals surface area contributed by atoms with Crippen molar-refractivity contribution >= 4 is 28.8 Å². The molecule has 3 heterocycles. The van der Waals surface area contributed by atoms with Crippen molar-refractivity contribution in [2.75, 3.05) is 13.7 Å². The van der Waals surface area contributed by atoms with E-state index in [1.165, 1.54) is 11.8 Å². The lowest BCUT2D eigenvalue weighted by molar-refractivity contribution is -0.139. The minimum Gasteiger partial charge on any atom is -0.497 e. The van der Waals surface area contributed by atoms with Crippen LogP contribution in [0.1, 0.15) is 37.6 Å². The van der Waals surface area contributed by atoms with Crippen LogP contribution in [0.4, 0.5) is 0 Å². The topological polar surface area (TPSA) is 93.4 Å². The first kappa shape index (κ1) is 22.7. The monoisotopic (exact) mass is 467 g/mol. The number of hydrogen-bond acceptors (Lipinski definition) is 8. The molecule has 1 N–H and O–H groups in total. The number of esters is 1. The second kappa shape index (κ2) is 9.99. The Bertz CT molecular complexity index is 1120. The van der Waals surface area contributed by atoms with E-state index in [1.807, 2.05) is 41.5 Å². The van der Waals surface area contributed by atoms with Crippen molar-refractivity contribution < 1.29 is 23.5 Å². The molecule has 0 radical (unpaired) electrons. The van der Waals surface area contributed by atoms with Gasteiger partial charge in [-0.15, -0.1) is 0 Å². The van der Waals surface area contributed by atoms with Crippen LogP contribution in [0.25, 0.3) is 0 Å². The zero-order chi connectivity index (χ0) is 23.4. The third-order valence-electron chi connectivity index (χ3n) is 5.31. The number of hydrogen-bond donors (Lipinski definition) is 1. The number of benzene rings is 1. The summed E-state index contributed by atoms with van der Waals surface area (Å²) >= 11 is 1.43. The molecule has 0 saturated heterocycles. The van der Waals surface area contributed by atoms with Gasteiger partial charge in [0.1, 0.15) is 11.5 Å². The molecule has 172 valence electrons. The number of nitrogens with one attached hydrogen (secondary N) is 1. The number of aliphatic imine (C=N–C) groups is 1. The molecule has 2 aromatic rings. The van der Waals surface area contributed by atoms with Crippen LogP contribution >= 0.6 is 11.8 Å². The van der Waals surface area contributed by atoms with Gasteiger partial charge >= 0.3 is 5.97 Å². The van der Waals surface area contributed by atoms with Gasteiger partial charge in [-0.05, 0) is 49.1 Å². The fourth-order valence-electron chi connectivity index (χ4n) is 3.77. The van der Waals surface area contributed by atoms with E-state index in [0.717, 1.165) is 16.4 Å². The molecular weight excluding hydrogens is 442 g/mol. The second-order valence-electron chi connectivity index (χ2n) is 7.42. The normalized spacial score (nSPS) is 17.3. The summed E-state index contributed by atoms with van der Waals surface area (Å²) < 4.78 is 15.9. The van der Waals surface area contributed by atoms with Gasteiger partial charge in [0.05, 0.1) is 50.3 Å². The predicted molar refractivity (Wildman–Crippen MR) is 125 cm³/mol. The van der Waals surface area contributed by atoms with Crippen molar-refractivity contribution in [2.45, 2.75) is 32.9 Å². The fraction of sp³-hybridized carbons (Fsp3) is 0.292. The summed E-state index contributed by atoms with van der Waals surface area (Å²) in [5, 5.41) is 5.49. The SMILES string of the molecule is CCOC(=O)C1=C(C)N=C2SC=C(CC(=O)NCc3ccco3)N2C1c1ccc(OC)cc1. The quantitative estimate of drug-likeness (QED) is 0.584. The molecule has 2 aliphatic rings. The number of amidine groups is 1. The average molecular weight is 468 g/mol. The van der Waals surface area contributed by atoms with Crippen LogP contribution in [-0.4, -0.2) is 35.7 Å². The van der Waals surface area contributed by atoms with Gasteiger partial charge in [-0.3, -0.25) is 4.79 Å². The van der Waals surface area contributed by atoms with Crippen LogP contribution < -0.4 is 10.1 Å². The van der Waals surface area contributed by atoms with E-state index in [0.29, 0.717) is 29.3 Å². The summed E-state index contributed by atoms with van der Waals surface area (Å²) in [4.78, 5) is 32.2. The average Bonchev–Trinajstić information content (AvgIpc) is 3.47. The van der Waals surface area contributed by atoms with Gasteiger partial charge in [-0.2, -0.15) is 0 Å². The molecule has 0 fully saturated rings. The molecule has 0 saturated carbocycles. The molecule has 1 aromatic carbocycles. The Labute approximate surface area is 196 Å². The molecule has 1 aromatic heterocycles. The maximum Gasteiger partial charge on any atom is 0.338 e. The number of fused-ring (bicyclic) bond motifs is 1. The van der Waals surface area contributed by atoms with E-state index in [4.69, 9.17) is 13.9 Å². The summed E-state index contributed by atoms with van der Waals surface area (Å²) in [7, 11) is 1.60. The lowest BCUT2D eigenvalue weighted by atomic mass is 9.93. The Hall–Kier alpha value is -3.46. The highest BCUT2D eigenvalue weighted by Gasteiger charge is 2.41. The molecule has 2 aliphatic heterocycles. The Morgan fingerprint density at radius 3 is 2.70 bits per heavy atom. The lowest BCUT2D eigenvalue weighted by Gasteiger charge is -2.36. The number of rotatable bonds is 8. The first-order valence-electron chi connectivity index (χ1n) is 10.6. The highest BCUT2D eigenvalue weighted by Crippen LogP contribution is 2.45. The number of methoxy groups -OCH3 is 1. The lowest BCUT2D eigenvalue weighted by Crippen LogP contribution is -2.38. The van der Waals surface area contributed by atoms with Crippen molar-refractivity contribution in [2.24, 2.45) is 4.99 Å². The van der Waals surface area contributed by atoms with Gasteiger partial charge in [0, 0.05) is 5.70 Å². The fourth-order valence-corrected chi connectivity index (χ4v) is 4.73. The molecule has 8 nitrogen and oxygen atoms in total. The van der Waals surface area contributed by atoms with E-state index in [-0.39, 0.29) is 18.9 Å². The molecule has 1 amide bonds. The summed E-state index contributed by atoms with van der Waals surface area (Å²) in [5.41, 5.74) is 2.68. The number of nitrogens with zero attached hydrogens (tertiary/aromatic N) is 2. The molecule has 0 bridgehead atoms. The number of thioether (sulfide) groups is 1. The van der Waals surface area contributed by atoms with Gasteiger partial charge < -0.3 is 24.1 Å². The molecule has 33 heavy (non-hydrogen) atoms. The second-order valence-corrected chi connectivity index (χ2v) is 8.26. The predicted octanol–water partition coefficient (Wildman–Crippen LogP) is 4.13. The number of furan rings is 1. The van der Waals surface area contributed by atoms with Gasteiger partial charge in [0.15, 0.2) is 5.17 Å². The van der Waals surface area contributed by atoms with Gasteiger partial charge in [0.2, 0.25) is 5.91 Å². The van der Waals surface area contributed by atoms with Crippen molar-refractivity contribution in [1.82, 2.24) is 10.2 Å². The first-order valence-corrected chi connectivity index (χ1v) is 11.4. The van der Waals surface area contributed by atoms with Crippen molar-refractivity contribution in [1.29, 1.82) is 0 Å². The number of carbonyl (C=O) groups is 2. The van der Waals surface area contributed by atoms with Crippen molar-refractivity contribution in [3.05, 3.63) is 76.4 Å². The molecule has 0 aliphatic carbocycles. The maximum absolute atomic E-state index is 12.9. The molecular formula is C24H25N3O5S. The molecule has 4 rings (SSSR count). The van der Waals surface area contributed by atoms with Crippen LogP contribution in [-0.2, 0) is 20.9 Å². The van der Waals surface area contributed by atoms with Crippen LogP contribution in [0.2, 0.25) is 0 Å². The molecule has 1 atom stereocenters. The minimum atomic E-state index is -0.471. The Kier molecular flexibility index (Phi) is 6.88. The maximum atomic E-state index is 12.9. The summed E-state index contributed by atoms with van der Waals surface area (Å²) in [6.07, 6.45) is 1.70. The van der Waals surface area contributed by atoms with E-state index >= 15 is 0 Å². The highest BCUT2D eigenvalue weighted by atomic mass is 32.2. The highest BCUT2D eigenvalue weighted by molar-refractivity contribution is 8.16. The van der Waals surface area contributed by atoms with E-state index in [1.54, 1.807) is 32.4 Å². The minimum absolute atomic E-state index is 0.133. The smallest absolute Gasteiger partial charge is 0.338 e. The van der Waals surface area contributed by atoms with Gasteiger partial charge in [-0.25, -0.2) is 9.79 Å². The van der Waals surface area contributed by atoms with Crippen molar-refractivity contribution in [3.8, 4) is 5.75 Å². The van der Waals surface area contributed by atoms with Gasteiger partial charge in [-0.1, -0.05) is 23.9 Å². The standard InChI is InChI=1S/C24H25N3O5S/c1-4-31-23(29)21-15(2)26-24-27(22(21)16-7-9-18(30-3)10-8-16)17(14-33-24)12-20(28)25-13-19-6-5-11-32-19/h5-11,14,22H,4,12-13H2,1-3H3,(H,25,28). The van der Waals surface area contributed by atoms with E-state index < -0.39 is 12.0 Å². The number of amides is 1.